The average Bonchev–Trinajstić information content (AvgIpc) is 2.42. The quantitative estimate of drug-likeness (QED) is 0.749. The molecule has 0 aromatic heterocycles. The summed E-state index contributed by atoms with van der Waals surface area (Å²) in [5.74, 6) is 0.523. The lowest BCUT2D eigenvalue weighted by atomic mass is 10.1. The molecule has 1 heterocycles. The van der Waals surface area contributed by atoms with Crippen molar-refractivity contribution in [3.8, 4) is 0 Å². The molecule has 0 spiro atoms. The van der Waals surface area contributed by atoms with E-state index in [0.29, 0.717) is 18.9 Å². The topological polar surface area (TPSA) is 57.6 Å². The van der Waals surface area contributed by atoms with Gasteiger partial charge in [0.25, 0.3) is 0 Å². The molecule has 0 aliphatic carbocycles. The van der Waals surface area contributed by atoms with Gasteiger partial charge in [-0.2, -0.15) is 4.31 Å². The van der Waals surface area contributed by atoms with Crippen LogP contribution in [0.3, 0.4) is 0 Å². The molecule has 0 radical (unpaired) electrons. The molecule has 2 atom stereocenters. The number of sulfonamides is 1. The van der Waals surface area contributed by atoms with E-state index in [1.165, 1.54) is 0 Å². The Labute approximate surface area is 86.0 Å². The van der Waals surface area contributed by atoms with E-state index >= 15 is 0 Å². The van der Waals surface area contributed by atoms with Crippen molar-refractivity contribution in [3.05, 3.63) is 0 Å². The van der Waals surface area contributed by atoms with E-state index in [9.17, 15) is 8.42 Å². The highest BCUT2D eigenvalue weighted by Gasteiger charge is 2.34. The van der Waals surface area contributed by atoms with Crippen molar-refractivity contribution in [1.29, 1.82) is 0 Å². The third-order valence-electron chi connectivity index (χ3n) is 2.64. The van der Waals surface area contributed by atoms with Gasteiger partial charge in [-0.25, -0.2) is 8.42 Å². The van der Waals surface area contributed by atoms with Gasteiger partial charge in [0.15, 0.2) is 0 Å². The molecule has 4 nitrogen and oxygen atoms in total. The Kier molecular flexibility index (Phi) is 3.92. The van der Waals surface area contributed by atoms with Crippen molar-refractivity contribution in [3.63, 3.8) is 0 Å². The number of nitrogens with zero attached hydrogens (tertiary/aromatic N) is 1. The van der Waals surface area contributed by atoms with Crippen LogP contribution in [0.5, 0.6) is 0 Å². The summed E-state index contributed by atoms with van der Waals surface area (Å²) >= 11 is 0. The molecule has 1 aliphatic heterocycles. The highest BCUT2D eigenvalue weighted by atomic mass is 32.2. The maximum absolute atomic E-state index is 11.8. The first-order valence-electron chi connectivity index (χ1n) is 5.07. The van der Waals surface area contributed by atoms with Gasteiger partial charge >= 0.3 is 0 Å². The fourth-order valence-corrected chi connectivity index (χ4v) is 3.86. The second-order valence-corrected chi connectivity index (χ2v) is 6.19. The molecule has 5 heteroatoms. The fraction of sp³-hybridized carbons (Fsp3) is 1.00. The lowest BCUT2D eigenvalue weighted by molar-refractivity contribution is 0.293. The molecule has 0 aromatic carbocycles. The lowest BCUT2D eigenvalue weighted by Crippen LogP contribution is -2.35. The molecule has 1 fully saturated rings. The minimum atomic E-state index is -3.13. The average molecular weight is 221 g/mol. The van der Waals surface area contributed by atoms with Gasteiger partial charge in [-0.1, -0.05) is 6.92 Å². The second kappa shape index (κ2) is 4.59. The standard InChI is InChI=1S/C9H19NO3S/c1-8-6-9(2)10(7-8)14(12,13)5-3-4-11/h8-9,11H,3-7H2,1-2H3. The summed E-state index contributed by atoms with van der Waals surface area (Å²) in [6.45, 7) is 4.59. The second-order valence-electron chi connectivity index (χ2n) is 4.15. The van der Waals surface area contributed by atoms with E-state index in [1.807, 2.05) is 6.92 Å². The highest BCUT2D eigenvalue weighted by molar-refractivity contribution is 7.89. The zero-order valence-corrected chi connectivity index (χ0v) is 9.63. The Bertz CT molecular complexity index is 276. The number of hydrogen-bond donors (Lipinski definition) is 1. The van der Waals surface area contributed by atoms with E-state index in [2.05, 4.69) is 6.92 Å². The van der Waals surface area contributed by atoms with Crippen LogP contribution in [0.2, 0.25) is 0 Å². The van der Waals surface area contributed by atoms with Gasteiger partial charge in [0.1, 0.15) is 0 Å². The minimum Gasteiger partial charge on any atom is -0.396 e. The van der Waals surface area contributed by atoms with Crippen LogP contribution >= 0.6 is 0 Å². The van der Waals surface area contributed by atoms with E-state index in [0.717, 1.165) is 6.42 Å². The first kappa shape index (κ1) is 11.9. The molecular weight excluding hydrogens is 202 g/mol. The smallest absolute Gasteiger partial charge is 0.214 e. The monoisotopic (exact) mass is 221 g/mol. The molecular formula is C9H19NO3S. The van der Waals surface area contributed by atoms with Crippen LogP contribution in [-0.2, 0) is 10.0 Å². The molecule has 0 aromatic rings. The number of aliphatic hydroxyl groups is 1. The van der Waals surface area contributed by atoms with E-state index < -0.39 is 10.0 Å². The molecule has 1 N–H and O–H groups in total. The molecule has 1 saturated heterocycles. The molecule has 1 rings (SSSR count). The molecule has 1 aliphatic rings. The Morgan fingerprint density at radius 3 is 2.50 bits per heavy atom. The lowest BCUT2D eigenvalue weighted by Gasteiger charge is -2.20. The highest BCUT2D eigenvalue weighted by Crippen LogP contribution is 2.25. The van der Waals surface area contributed by atoms with Crippen LogP contribution in [-0.4, -0.2) is 42.8 Å². The molecule has 0 saturated carbocycles. The Hall–Kier alpha value is -0.130. The SMILES string of the molecule is CC1CC(C)N(S(=O)(=O)CCCO)C1. The summed E-state index contributed by atoms with van der Waals surface area (Å²) in [4.78, 5) is 0. The Morgan fingerprint density at radius 1 is 1.43 bits per heavy atom. The normalized spacial score (nSPS) is 29.6. The van der Waals surface area contributed by atoms with Crippen molar-refractivity contribution >= 4 is 10.0 Å². The molecule has 2 unspecified atom stereocenters. The third kappa shape index (κ3) is 2.68. The molecule has 0 amide bonds. The third-order valence-corrected chi connectivity index (χ3v) is 4.67. The zero-order valence-electron chi connectivity index (χ0n) is 8.81. The number of aliphatic hydroxyl groups excluding tert-OH is 1. The van der Waals surface area contributed by atoms with Crippen molar-refractivity contribution in [2.45, 2.75) is 32.7 Å². The van der Waals surface area contributed by atoms with Gasteiger partial charge in [-0.3, -0.25) is 0 Å². The van der Waals surface area contributed by atoms with E-state index in [4.69, 9.17) is 5.11 Å². The summed E-state index contributed by atoms with van der Waals surface area (Å²) in [6.07, 6.45) is 1.28. The summed E-state index contributed by atoms with van der Waals surface area (Å²) in [5, 5.41) is 8.61. The number of hydrogen-bond acceptors (Lipinski definition) is 3. The van der Waals surface area contributed by atoms with E-state index in [-0.39, 0.29) is 18.4 Å². The minimum absolute atomic E-state index is 0.0585. The van der Waals surface area contributed by atoms with Crippen molar-refractivity contribution in [2.75, 3.05) is 18.9 Å². The molecule has 14 heavy (non-hydrogen) atoms. The summed E-state index contributed by atoms with van der Waals surface area (Å²) in [5.41, 5.74) is 0. The predicted octanol–water partition coefficient (Wildman–Crippen LogP) is 0.429. The van der Waals surface area contributed by atoms with Crippen LogP contribution in [0.4, 0.5) is 0 Å². The Balaban J connectivity index is 2.63. The van der Waals surface area contributed by atoms with E-state index in [1.54, 1.807) is 4.31 Å². The molecule has 0 bridgehead atoms. The van der Waals surface area contributed by atoms with Crippen molar-refractivity contribution < 1.29 is 13.5 Å². The largest absolute Gasteiger partial charge is 0.396 e. The fourth-order valence-electron chi connectivity index (χ4n) is 2.01. The Morgan fingerprint density at radius 2 is 2.07 bits per heavy atom. The predicted molar refractivity (Wildman–Crippen MR) is 55.4 cm³/mol. The maximum Gasteiger partial charge on any atom is 0.214 e. The van der Waals surface area contributed by atoms with Crippen LogP contribution in [0, 0.1) is 5.92 Å². The zero-order chi connectivity index (χ0) is 10.8. The van der Waals surface area contributed by atoms with Gasteiger partial charge in [0.05, 0.1) is 5.75 Å². The van der Waals surface area contributed by atoms with Crippen molar-refractivity contribution in [1.82, 2.24) is 4.31 Å². The van der Waals surface area contributed by atoms with Gasteiger partial charge in [0, 0.05) is 19.2 Å². The number of rotatable bonds is 4. The van der Waals surface area contributed by atoms with Crippen LogP contribution < -0.4 is 0 Å². The van der Waals surface area contributed by atoms with Gasteiger partial charge in [-0.15, -0.1) is 0 Å². The van der Waals surface area contributed by atoms with Crippen LogP contribution in [0.1, 0.15) is 26.7 Å². The molecule has 84 valence electrons. The summed E-state index contributed by atoms with van der Waals surface area (Å²) in [6, 6.07) is 0.119. The van der Waals surface area contributed by atoms with Crippen LogP contribution in [0.15, 0.2) is 0 Å². The summed E-state index contributed by atoms with van der Waals surface area (Å²) < 4.78 is 25.1. The summed E-state index contributed by atoms with van der Waals surface area (Å²) in [7, 11) is -3.13. The maximum atomic E-state index is 11.8. The van der Waals surface area contributed by atoms with Gasteiger partial charge in [0.2, 0.25) is 10.0 Å². The van der Waals surface area contributed by atoms with Gasteiger partial charge in [-0.05, 0) is 25.7 Å². The first-order valence-corrected chi connectivity index (χ1v) is 6.68. The van der Waals surface area contributed by atoms with Gasteiger partial charge < -0.3 is 5.11 Å². The first-order chi connectivity index (χ1) is 6.47. The van der Waals surface area contributed by atoms with Crippen molar-refractivity contribution in [2.24, 2.45) is 5.92 Å². The van der Waals surface area contributed by atoms with Crippen LogP contribution in [0.25, 0.3) is 0 Å².